The summed E-state index contributed by atoms with van der Waals surface area (Å²) in [4.78, 5) is 12.1. The van der Waals surface area contributed by atoms with Crippen molar-refractivity contribution < 1.29 is 4.79 Å². The highest BCUT2D eigenvalue weighted by Crippen LogP contribution is 2.21. The second kappa shape index (κ2) is 9.08. The first-order chi connectivity index (χ1) is 11.5. The molecule has 2 aromatic rings. The molecule has 1 heterocycles. The molecular formula is C17H23ClN4OS. The van der Waals surface area contributed by atoms with Gasteiger partial charge in [-0.05, 0) is 43.9 Å². The van der Waals surface area contributed by atoms with Crippen molar-refractivity contribution in [1.82, 2.24) is 20.1 Å². The minimum absolute atomic E-state index is 0.0110. The van der Waals surface area contributed by atoms with E-state index in [0.29, 0.717) is 21.8 Å². The molecule has 5 nitrogen and oxygen atoms in total. The molecule has 0 radical (unpaired) electrons. The number of rotatable bonds is 8. The number of hydrogen-bond donors (Lipinski definition) is 1. The molecule has 1 unspecified atom stereocenters. The van der Waals surface area contributed by atoms with E-state index in [2.05, 4.69) is 29.4 Å². The van der Waals surface area contributed by atoms with Crippen LogP contribution < -0.4 is 5.32 Å². The Morgan fingerprint density at radius 3 is 2.83 bits per heavy atom. The molecule has 0 bridgehead atoms. The SMILES string of the molecule is CC(C)CCC(C)NC(=O)CSc1nncn1-c1cccc(Cl)c1. The van der Waals surface area contributed by atoms with Crippen LogP contribution in [0.5, 0.6) is 0 Å². The topological polar surface area (TPSA) is 59.8 Å². The number of amides is 1. The molecule has 0 aliphatic heterocycles. The van der Waals surface area contributed by atoms with Crippen molar-refractivity contribution in [2.24, 2.45) is 5.92 Å². The average Bonchev–Trinajstić information content (AvgIpc) is 2.99. The van der Waals surface area contributed by atoms with Gasteiger partial charge in [-0.25, -0.2) is 0 Å². The lowest BCUT2D eigenvalue weighted by molar-refractivity contribution is -0.119. The van der Waals surface area contributed by atoms with Crippen LogP contribution in [-0.4, -0.2) is 32.5 Å². The van der Waals surface area contributed by atoms with Crippen molar-refractivity contribution in [2.45, 2.75) is 44.8 Å². The maximum absolute atomic E-state index is 12.1. The molecule has 1 atom stereocenters. The minimum Gasteiger partial charge on any atom is -0.353 e. The zero-order chi connectivity index (χ0) is 17.5. The zero-order valence-electron chi connectivity index (χ0n) is 14.2. The van der Waals surface area contributed by atoms with Crippen molar-refractivity contribution in [2.75, 3.05) is 5.75 Å². The molecule has 0 saturated carbocycles. The molecule has 1 amide bonds. The standard InChI is InChI=1S/C17H23ClN4OS/c1-12(2)7-8-13(3)20-16(23)10-24-17-21-19-11-22(17)15-6-4-5-14(18)9-15/h4-6,9,11-13H,7-8,10H2,1-3H3,(H,20,23). The highest BCUT2D eigenvalue weighted by Gasteiger charge is 2.12. The Morgan fingerprint density at radius 2 is 2.12 bits per heavy atom. The number of benzene rings is 1. The number of nitrogens with zero attached hydrogens (tertiary/aromatic N) is 3. The molecule has 24 heavy (non-hydrogen) atoms. The Morgan fingerprint density at radius 1 is 1.33 bits per heavy atom. The molecule has 0 aliphatic carbocycles. The zero-order valence-corrected chi connectivity index (χ0v) is 15.8. The molecule has 7 heteroatoms. The molecule has 0 saturated heterocycles. The van der Waals surface area contributed by atoms with Crippen LogP contribution in [0.15, 0.2) is 35.7 Å². The van der Waals surface area contributed by atoms with Gasteiger partial charge in [0.1, 0.15) is 6.33 Å². The van der Waals surface area contributed by atoms with Gasteiger partial charge in [-0.1, -0.05) is 43.3 Å². The monoisotopic (exact) mass is 366 g/mol. The number of nitrogens with one attached hydrogen (secondary N) is 1. The number of carbonyl (C=O) groups excluding carboxylic acids is 1. The second-order valence-corrected chi connectivity index (χ2v) is 7.57. The molecule has 0 fully saturated rings. The van der Waals surface area contributed by atoms with Crippen LogP contribution >= 0.6 is 23.4 Å². The quantitative estimate of drug-likeness (QED) is 0.718. The number of halogens is 1. The Bertz CT molecular complexity index is 674. The van der Waals surface area contributed by atoms with Crippen LogP contribution in [0.2, 0.25) is 5.02 Å². The lowest BCUT2D eigenvalue weighted by Gasteiger charge is -2.15. The van der Waals surface area contributed by atoms with Crippen LogP contribution in [0.1, 0.15) is 33.6 Å². The number of carbonyl (C=O) groups is 1. The Balaban J connectivity index is 1.89. The van der Waals surface area contributed by atoms with Crippen LogP contribution in [0.3, 0.4) is 0 Å². The van der Waals surface area contributed by atoms with E-state index in [-0.39, 0.29) is 11.9 Å². The van der Waals surface area contributed by atoms with E-state index < -0.39 is 0 Å². The lowest BCUT2D eigenvalue weighted by Crippen LogP contribution is -2.34. The predicted molar refractivity (Wildman–Crippen MR) is 98.8 cm³/mol. The van der Waals surface area contributed by atoms with E-state index in [0.717, 1.165) is 18.5 Å². The summed E-state index contributed by atoms with van der Waals surface area (Å²) in [5, 5.41) is 12.4. The Hall–Kier alpha value is -1.53. The van der Waals surface area contributed by atoms with E-state index in [1.54, 1.807) is 6.33 Å². The predicted octanol–water partition coefficient (Wildman–Crippen LogP) is 3.95. The largest absolute Gasteiger partial charge is 0.353 e. The van der Waals surface area contributed by atoms with Crippen LogP contribution in [-0.2, 0) is 4.79 Å². The third-order valence-corrected chi connectivity index (χ3v) is 4.70. The molecule has 130 valence electrons. The minimum atomic E-state index is 0.0110. The smallest absolute Gasteiger partial charge is 0.230 e. The van der Waals surface area contributed by atoms with Gasteiger partial charge >= 0.3 is 0 Å². The van der Waals surface area contributed by atoms with Gasteiger partial charge in [-0.15, -0.1) is 10.2 Å². The Kier molecular flexibility index (Phi) is 7.12. The van der Waals surface area contributed by atoms with Crippen LogP contribution in [0, 0.1) is 5.92 Å². The van der Waals surface area contributed by atoms with E-state index in [9.17, 15) is 4.79 Å². The summed E-state index contributed by atoms with van der Waals surface area (Å²) < 4.78 is 1.83. The van der Waals surface area contributed by atoms with E-state index in [1.807, 2.05) is 35.8 Å². The van der Waals surface area contributed by atoms with Gasteiger partial charge in [0.05, 0.1) is 11.4 Å². The molecule has 1 aromatic carbocycles. The molecule has 1 N–H and O–H groups in total. The fraction of sp³-hybridized carbons (Fsp3) is 0.471. The van der Waals surface area contributed by atoms with Crippen LogP contribution in [0.4, 0.5) is 0 Å². The fourth-order valence-corrected chi connectivity index (χ4v) is 3.15. The summed E-state index contributed by atoms with van der Waals surface area (Å²) in [5.74, 6) is 0.970. The summed E-state index contributed by atoms with van der Waals surface area (Å²) in [6.45, 7) is 6.42. The van der Waals surface area contributed by atoms with Crippen molar-refractivity contribution in [3.63, 3.8) is 0 Å². The van der Waals surface area contributed by atoms with E-state index >= 15 is 0 Å². The number of hydrogen-bond acceptors (Lipinski definition) is 4. The molecule has 2 rings (SSSR count). The first-order valence-electron chi connectivity index (χ1n) is 8.04. The lowest BCUT2D eigenvalue weighted by atomic mass is 10.0. The van der Waals surface area contributed by atoms with Gasteiger partial charge in [0, 0.05) is 11.1 Å². The maximum Gasteiger partial charge on any atom is 0.230 e. The average molecular weight is 367 g/mol. The highest BCUT2D eigenvalue weighted by atomic mass is 35.5. The van der Waals surface area contributed by atoms with Crippen molar-refractivity contribution in [3.8, 4) is 5.69 Å². The molecular weight excluding hydrogens is 344 g/mol. The normalized spacial score (nSPS) is 12.4. The van der Waals surface area contributed by atoms with Crippen molar-refractivity contribution in [3.05, 3.63) is 35.6 Å². The van der Waals surface area contributed by atoms with Crippen LogP contribution in [0.25, 0.3) is 5.69 Å². The third kappa shape index (κ3) is 5.83. The summed E-state index contributed by atoms with van der Waals surface area (Å²) in [6.07, 6.45) is 3.72. The van der Waals surface area contributed by atoms with E-state index in [1.165, 1.54) is 11.8 Å². The molecule has 0 spiro atoms. The van der Waals surface area contributed by atoms with E-state index in [4.69, 9.17) is 11.6 Å². The van der Waals surface area contributed by atoms with Gasteiger partial charge in [0.2, 0.25) is 5.91 Å². The van der Waals surface area contributed by atoms with Gasteiger partial charge < -0.3 is 5.32 Å². The van der Waals surface area contributed by atoms with Gasteiger partial charge in [-0.2, -0.15) is 0 Å². The second-order valence-electron chi connectivity index (χ2n) is 6.19. The van der Waals surface area contributed by atoms with Crippen molar-refractivity contribution >= 4 is 29.3 Å². The van der Waals surface area contributed by atoms with Gasteiger partial charge in [0.25, 0.3) is 0 Å². The summed E-state index contributed by atoms with van der Waals surface area (Å²) in [7, 11) is 0. The first kappa shape index (κ1) is 18.8. The summed E-state index contributed by atoms with van der Waals surface area (Å²) in [6, 6.07) is 7.63. The van der Waals surface area contributed by atoms with Gasteiger partial charge in [0.15, 0.2) is 5.16 Å². The van der Waals surface area contributed by atoms with Crippen molar-refractivity contribution in [1.29, 1.82) is 0 Å². The molecule has 1 aromatic heterocycles. The highest BCUT2D eigenvalue weighted by molar-refractivity contribution is 7.99. The fourth-order valence-electron chi connectivity index (χ4n) is 2.23. The summed E-state index contributed by atoms with van der Waals surface area (Å²) >= 11 is 7.39. The van der Waals surface area contributed by atoms with Gasteiger partial charge in [-0.3, -0.25) is 9.36 Å². The Labute approximate surface area is 152 Å². The third-order valence-electron chi connectivity index (χ3n) is 3.52. The molecule has 0 aliphatic rings. The summed E-state index contributed by atoms with van der Waals surface area (Å²) in [5.41, 5.74) is 0.876. The first-order valence-corrected chi connectivity index (χ1v) is 9.40. The maximum atomic E-state index is 12.1. The number of thioether (sulfide) groups is 1. The number of aromatic nitrogens is 3.